The highest BCUT2D eigenvalue weighted by Gasteiger charge is 2.15. The largest absolute Gasteiger partial charge is 0.457 e. The van der Waals surface area contributed by atoms with E-state index in [1.54, 1.807) is 42.5 Å². The molecule has 31 heavy (non-hydrogen) atoms. The number of nitrogens with zero attached hydrogens (tertiary/aromatic N) is 1. The van der Waals surface area contributed by atoms with Gasteiger partial charge in [0.1, 0.15) is 17.2 Å². The van der Waals surface area contributed by atoms with E-state index in [0.29, 0.717) is 34.4 Å². The molecule has 1 aliphatic heterocycles. The Morgan fingerprint density at radius 3 is 2.61 bits per heavy atom. The van der Waals surface area contributed by atoms with Gasteiger partial charge in [0, 0.05) is 37.1 Å². The predicted octanol–water partition coefficient (Wildman–Crippen LogP) is 4.26. The molecule has 0 saturated heterocycles. The molecule has 0 spiro atoms. The first kappa shape index (κ1) is 20.3. The number of pyridine rings is 1. The van der Waals surface area contributed by atoms with Crippen LogP contribution in [0.3, 0.4) is 0 Å². The summed E-state index contributed by atoms with van der Waals surface area (Å²) in [6.45, 7) is 0.154. The van der Waals surface area contributed by atoms with E-state index in [1.165, 1.54) is 19.3 Å². The van der Waals surface area contributed by atoms with Crippen LogP contribution in [0.2, 0.25) is 5.02 Å². The molecule has 4 rings (SSSR count). The Morgan fingerprint density at radius 1 is 1.00 bits per heavy atom. The van der Waals surface area contributed by atoms with E-state index in [1.807, 2.05) is 0 Å². The van der Waals surface area contributed by atoms with Crippen molar-refractivity contribution in [2.75, 3.05) is 24.5 Å². The maximum atomic E-state index is 12.3. The number of hydrogen-bond acceptors (Lipinski definition) is 6. The van der Waals surface area contributed by atoms with E-state index in [9.17, 15) is 9.59 Å². The number of urea groups is 1. The fraction of sp³-hybridized carbons (Fsp3) is 0.0952. The van der Waals surface area contributed by atoms with Crippen LogP contribution in [0.5, 0.6) is 23.0 Å². The van der Waals surface area contributed by atoms with Crippen LogP contribution in [0.15, 0.2) is 54.7 Å². The Hall–Kier alpha value is -3.98. The summed E-state index contributed by atoms with van der Waals surface area (Å²) in [5.41, 5.74) is 1.17. The number of halogens is 1. The van der Waals surface area contributed by atoms with E-state index < -0.39 is 6.03 Å². The molecule has 3 aromatic rings. The number of ether oxygens (including phenoxy) is 3. The van der Waals surface area contributed by atoms with Gasteiger partial charge in [0.05, 0.1) is 10.7 Å². The Balaban J connectivity index is 1.40. The number of benzene rings is 2. The lowest BCUT2D eigenvalue weighted by atomic mass is 10.2. The molecule has 2 heterocycles. The molecule has 0 fully saturated rings. The number of fused-ring (bicyclic) bond motifs is 1. The van der Waals surface area contributed by atoms with E-state index in [-0.39, 0.29) is 23.4 Å². The average Bonchev–Trinajstić information content (AvgIpc) is 3.23. The maximum absolute atomic E-state index is 12.3. The molecule has 1 aromatic heterocycles. The summed E-state index contributed by atoms with van der Waals surface area (Å²) in [7, 11) is 1.52. The molecule has 0 aliphatic carbocycles. The summed E-state index contributed by atoms with van der Waals surface area (Å²) in [5, 5.41) is 8.16. The minimum Gasteiger partial charge on any atom is -0.457 e. The number of carbonyl (C=O) groups is 2. The van der Waals surface area contributed by atoms with E-state index >= 15 is 0 Å². The van der Waals surface area contributed by atoms with Crippen molar-refractivity contribution in [2.24, 2.45) is 0 Å². The second-order valence-electron chi connectivity index (χ2n) is 6.35. The summed E-state index contributed by atoms with van der Waals surface area (Å²) < 4.78 is 16.3. The molecule has 0 unspecified atom stereocenters. The minimum absolute atomic E-state index is 0.154. The van der Waals surface area contributed by atoms with Crippen molar-refractivity contribution in [3.63, 3.8) is 0 Å². The van der Waals surface area contributed by atoms with Crippen molar-refractivity contribution in [3.8, 4) is 23.0 Å². The van der Waals surface area contributed by atoms with Crippen LogP contribution in [-0.4, -0.2) is 30.8 Å². The molecule has 0 saturated carbocycles. The van der Waals surface area contributed by atoms with Crippen molar-refractivity contribution >= 4 is 34.9 Å². The molecule has 3 N–H and O–H groups in total. The third-order valence-electron chi connectivity index (χ3n) is 4.25. The predicted molar refractivity (Wildman–Crippen MR) is 114 cm³/mol. The molecule has 1 aliphatic rings. The maximum Gasteiger partial charge on any atom is 0.323 e. The van der Waals surface area contributed by atoms with Crippen molar-refractivity contribution in [1.29, 1.82) is 0 Å². The first-order chi connectivity index (χ1) is 15.0. The lowest BCUT2D eigenvalue weighted by Gasteiger charge is -2.12. The number of amides is 3. The molecule has 0 atom stereocenters. The third kappa shape index (κ3) is 4.78. The van der Waals surface area contributed by atoms with Gasteiger partial charge in [-0.1, -0.05) is 11.6 Å². The normalized spacial score (nSPS) is 11.5. The van der Waals surface area contributed by atoms with Crippen LogP contribution in [0.4, 0.5) is 16.2 Å². The van der Waals surface area contributed by atoms with Crippen molar-refractivity contribution in [3.05, 3.63) is 65.4 Å². The Morgan fingerprint density at radius 2 is 1.81 bits per heavy atom. The SMILES string of the molecule is CNC(=O)c1cc(Oc2ccc(NC(=O)Nc3ccc4c(c3)OCO4)c(Cl)c2)ccn1. The van der Waals surface area contributed by atoms with E-state index in [0.717, 1.165) is 0 Å². The third-order valence-corrected chi connectivity index (χ3v) is 4.56. The van der Waals surface area contributed by atoms with Gasteiger partial charge in [-0.05, 0) is 30.3 Å². The second kappa shape index (κ2) is 8.80. The highest BCUT2D eigenvalue weighted by molar-refractivity contribution is 6.34. The quantitative estimate of drug-likeness (QED) is 0.546. The number of nitrogens with one attached hydrogen (secondary N) is 3. The van der Waals surface area contributed by atoms with Crippen LogP contribution in [0.1, 0.15) is 10.5 Å². The van der Waals surface area contributed by atoms with Gasteiger partial charge in [-0.2, -0.15) is 0 Å². The van der Waals surface area contributed by atoms with Crippen molar-refractivity contribution in [2.45, 2.75) is 0 Å². The minimum atomic E-state index is -0.473. The number of aromatic nitrogens is 1. The van der Waals surface area contributed by atoms with Gasteiger partial charge in [0.2, 0.25) is 6.79 Å². The zero-order valence-electron chi connectivity index (χ0n) is 16.3. The van der Waals surface area contributed by atoms with Gasteiger partial charge in [0.25, 0.3) is 5.91 Å². The molecule has 9 nitrogen and oxygen atoms in total. The summed E-state index contributed by atoms with van der Waals surface area (Å²) in [6.07, 6.45) is 1.47. The molecular formula is C21H17ClN4O5. The molecule has 158 valence electrons. The Kier molecular flexibility index (Phi) is 5.76. The number of hydrogen-bond donors (Lipinski definition) is 3. The van der Waals surface area contributed by atoms with Gasteiger partial charge in [0.15, 0.2) is 11.5 Å². The molecular weight excluding hydrogens is 424 g/mol. The first-order valence-electron chi connectivity index (χ1n) is 9.15. The highest BCUT2D eigenvalue weighted by Crippen LogP contribution is 2.34. The summed E-state index contributed by atoms with van der Waals surface area (Å²) in [5.74, 6) is 1.72. The van der Waals surface area contributed by atoms with Crippen LogP contribution in [0, 0.1) is 0 Å². The van der Waals surface area contributed by atoms with Crippen molar-refractivity contribution in [1.82, 2.24) is 10.3 Å². The monoisotopic (exact) mass is 440 g/mol. The van der Waals surface area contributed by atoms with Gasteiger partial charge >= 0.3 is 6.03 Å². The summed E-state index contributed by atoms with van der Waals surface area (Å²) in [6, 6.07) is 12.5. The average molecular weight is 441 g/mol. The molecule has 2 aromatic carbocycles. The molecule has 0 radical (unpaired) electrons. The van der Waals surface area contributed by atoms with Gasteiger partial charge in [-0.3, -0.25) is 9.78 Å². The van der Waals surface area contributed by atoms with Crippen LogP contribution in [-0.2, 0) is 0 Å². The van der Waals surface area contributed by atoms with Crippen LogP contribution < -0.4 is 30.2 Å². The van der Waals surface area contributed by atoms with Gasteiger partial charge < -0.3 is 30.2 Å². The lowest BCUT2D eigenvalue weighted by molar-refractivity contribution is 0.0957. The lowest BCUT2D eigenvalue weighted by Crippen LogP contribution is -2.19. The fourth-order valence-electron chi connectivity index (χ4n) is 2.78. The zero-order valence-corrected chi connectivity index (χ0v) is 17.0. The van der Waals surface area contributed by atoms with Crippen molar-refractivity contribution < 1.29 is 23.8 Å². The summed E-state index contributed by atoms with van der Waals surface area (Å²) >= 11 is 6.29. The van der Waals surface area contributed by atoms with Crippen LogP contribution >= 0.6 is 11.6 Å². The summed E-state index contributed by atoms with van der Waals surface area (Å²) in [4.78, 5) is 28.0. The van der Waals surface area contributed by atoms with Crippen LogP contribution in [0.25, 0.3) is 0 Å². The standard InChI is InChI=1S/C21H17ClN4O5/c1-23-20(27)17-10-14(6-7-24-17)31-13-3-4-16(15(22)9-13)26-21(28)25-12-2-5-18-19(8-12)30-11-29-18/h2-10H,11H2,1H3,(H,23,27)(H2,25,26,28). The fourth-order valence-corrected chi connectivity index (χ4v) is 3.00. The number of rotatable bonds is 5. The van der Waals surface area contributed by atoms with E-state index in [4.69, 9.17) is 25.8 Å². The Bertz CT molecular complexity index is 1150. The second-order valence-corrected chi connectivity index (χ2v) is 6.75. The smallest absolute Gasteiger partial charge is 0.323 e. The molecule has 3 amide bonds. The number of anilines is 2. The number of carbonyl (C=O) groups excluding carboxylic acids is 2. The molecule has 10 heteroatoms. The molecule has 0 bridgehead atoms. The highest BCUT2D eigenvalue weighted by atomic mass is 35.5. The topological polar surface area (TPSA) is 111 Å². The zero-order chi connectivity index (χ0) is 21.8. The van der Waals surface area contributed by atoms with Gasteiger partial charge in [-0.25, -0.2) is 4.79 Å². The Labute approximate surface area is 182 Å². The van der Waals surface area contributed by atoms with Gasteiger partial charge in [-0.15, -0.1) is 0 Å². The first-order valence-corrected chi connectivity index (χ1v) is 9.53. The van der Waals surface area contributed by atoms with E-state index in [2.05, 4.69) is 20.9 Å².